The summed E-state index contributed by atoms with van der Waals surface area (Å²) in [5.74, 6) is 0.628. The van der Waals surface area contributed by atoms with Crippen molar-refractivity contribution in [2.45, 2.75) is 25.3 Å². The van der Waals surface area contributed by atoms with Crippen LogP contribution in [0.15, 0.2) is 53.0 Å². The van der Waals surface area contributed by atoms with E-state index in [1.54, 1.807) is 0 Å². The molecule has 0 spiro atoms. The first-order chi connectivity index (χ1) is 8.43. The van der Waals surface area contributed by atoms with Crippen molar-refractivity contribution in [1.82, 2.24) is 0 Å². The molecule has 1 aromatic carbocycles. The Morgan fingerprint density at radius 3 is 2.94 bits per heavy atom. The fourth-order valence-corrected chi connectivity index (χ4v) is 2.79. The minimum atomic E-state index is 0.397. The number of dihydropyridines is 1. The molecular formula is C16H17N. The van der Waals surface area contributed by atoms with Crippen LogP contribution >= 0.6 is 0 Å². The maximum absolute atomic E-state index is 4.65. The van der Waals surface area contributed by atoms with Crippen molar-refractivity contribution in [1.29, 1.82) is 0 Å². The first-order valence-corrected chi connectivity index (χ1v) is 6.39. The Kier molecular flexibility index (Phi) is 2.91. The van der Waals surface area contributed by atoms with Crippen molar-refractivity contribution in [2.75, 3.05) is 0 Å². The van der Waals surface area contributed by atoms with Gasteiger partial charge >= 0.3 is 0 Å². The van der Waals surface area contributed by atoms with E-state index < -0.39 is 0 Å². The van der Waals surface area contributed by atoms with Gasteiger partial charge in [0.15, 0.2) is 0 Å². The Hall–Kier alpha value is -1.63. The van der Waals surface area contributed by atoms with E-state index in [1.807, 2.05) is 6.21 Å². The van der Waals surface area contributed by atoms with Crippen molar-refractivity contribution in [2.24, 2.45) is 10.9 Å². The van der Waals surface area contributed by atoms with E-state index in [-0.39, 0.29) is 0 Å². The summed E-state index contributed by atoms with van der Waals surface area (Å²) in [6.45, 7) is 0. The Labute approximate surface area is 103 Å². The van der Waals surface area contributed by atoms with Gasteiger partial charge in [-0.1, -0.05) is 42.5 Å². The number of benzene rings is 1. The van der Waals surface area contributed by atoms with Gasteiger partial charge in [-0.05, 0) is 36.5 Å². The van der Waals surface area contributed by atoms with Crippen molar-refractivity contribution < 1.29 is 0 Å². The fraction of sp³-hybridized carbons (Fsp3) is 0.312. The van der Waals surface area contributed by atoms with E-state index in [9.17, 15) is 0 Å². The monoisotopic (exact) mass is 223 g/mol. The van der Waals surface area contributed by atoms with Crippen LogP contribution in [0.1, 0.15) is 24.8 Å². The smallest absolute Gasteiger partial charge is 0.0774 e. The zero-order valence-corrected chi connectivity index (χ0v) is 9.92. The zero-order valence-electron chi connectivity index (χ0n) is 9.92. The van der Waals surface area contributed by atoms with Gasteiger partial charge < -0.3 is 0 Å². The maximum Gasteiger partial charge on any atom is 0.0774 e. The first kappa shape index (κ1) is 10.5. The van der Waals surface area contributed by atoms with Crippen LogP contribution in [-0.2, 0) is 0 Å². The van der Waals surface area contributed by atoms with Crippen molar-refractivity contribution >= 4 is 12.3 Å². The van der Waals surface area contributed by atoms with Gasteiger partial charge in [0.1, 0.15) is 0 Å². The Morgan fingerprint density at radius 2 is 2.06 bits per heavy atom. The average Bonchev–Trinajstić information content (AvgIpc) is 2.40. The van der Waals surface area contributed by atoms with Gasteiger partial charge in [0.25, 0.3) is 0 Å². The second-order valence-electron chi connectivity index (χ2n) is 4.81. The molecule has 0 N–H and O–H groups in total. The number of rotatable bonds is 1. The minimum Gasteiger partial charge on any atom is -0.285 e. The second-order valence-corrected chi connectivity index (χ2v) is 4.81. The SMILES string of the molecule is C1=CC2CCCC(=Cc3ccccc3)C2N=C1. The molecule has 0 aromatic heterocycles. The third-order valence-corrected chi connectivity index (χ3v) is 3.63. The fourth-order valence-electron chi connectivity index (χ4n) is 2.79. The normalized spacial score (nSPS) is 29.3. The molecule has 2 aliphatic rings. The molecule has 2 atom stereocenters. The lowest BCUT2D eigenvalue weighted by Gasteiger charge is -2.30. The van der Waals surface area contributed by atoms with Gasteiger partial charge in [-0.25, -0.2) is 0 Å². The highest BCUT2D eigenvalue weighted by atomic mass is 14.8. The lowest BCUT2D eigenvalue weighted by atomic mass is 9.79. The largest absolute Gasteiger partial charge is 0.285 e. The second kappa shape index (κ2) is 4.70. The number of nitrogens with zero attached hydrogens (tertiary/aromatic N) is 1. The molecule has 0 saturated heterocycles. The number of hydrogen-bond donors (Lipinski definition) is 0. The van der Waals surface area contributed by atoms with E-state index in [0.717, 1.165) is 0 Å². The maximum atomic E-state index is 4.65. The zero-order chi connectivity index (χ0) is 11.5. The Bertz CT molecular complexity index is 468. The molecule has 1 aromatic rings. The van der Waals surface area contributed by atoms with Gasteiger partial charge in [-0.2, -0.15) is 0 Å². The molecule has 86 valence electrons. The van der Waals surface area contributed by atoms with Crippen LogP contribution in [-0.4, -0.2) is 12.3 Å². The lowest BCUT2D eigenvalue weighted by Crippen LogP contribution is -2.25. The van der Waals surface area contributed by atoms with Crippen molar-refractivity contribution in [3.63, 3.8) is 0 Å². The molecule has 2 unspecified atom stereocenters. The van der Waals surface area contributed by atoms with Crippen molar-refractivity contribution in [3.8, 4) is 0 Å². The molecule has 1 aliphatic heterocycles. The highest BCUT2D eigenvalue weighted by molar-refractivity contribution is 5.73. The molecule has 1 heteroatoms. The predicted octanol–water partition coefficient (Wildman–Crippen LogP) is 3.88. The number of aliphatic imine (C=N–C) groups is 1. The third-order valence-electron chi connectivity index (χ3n) is 3.63. The lowest BCUT2D eigenvalue weighted by molar-refractivity contribution is 0.440. The standard InChI is InChI=1S/C16H17N/c1-2-6-13(7-3-1)12-15-9-4-8-14-10-5-11-17-16(14)15/h1-3,5-7,10-12,14,16H,4,8-9H2. The van der Waals surface area contributed by atoms with Crippen molar-refractivity contribution in [3.05, 3.63) is 53.6 Å². The van der Waals surface area contributed by atoms with Crippen LogP contribution in [0.2, 0.25) is 0 Å². The Balaban J connectivity index is 1.89. The molecule has 1 nitrogen and oxygen atoms in total. The molecular weight excluding hydrogens is 206 g/mol. The quantitative estimate of drug-likeness (QED) is 0.685. The summed E-state index contributed by atoms with van der Waals surface area (Å²) in [5, 5.41) is 0. The highest BCUT2D eigenvalue weighted by Gasteiger charge is 2.27. The molecule has 1 fully saturated rings. The average molecular weight is 223 g/mol. The highest BCUT2D eigenvalue weighted by Crippen LogP contribution is 2.34. The summed E-state index contributed by atoms with van der Waals surface area (Å²) in [6.07, 6.45) is 12.5. The summed E-state index contributed by atoms with van der Waals surface area (Å²) in [6, 6.07) is 11.0. The van der Waals surface area contributed by atoms with E-state index >= 15 is 0 Å². The van der Waals surface area contributed by atoms with Crippen LogP contribution in [0.4, 0.5) is 0 Å². The van der Waals surface area contributed by atoms with Gasteiger partial charge in [0.05, 0.1) is 6.04 Å². The third kappa shape index (κ3) is 2.23. The van der Waals surface area contributed by atoms with Crippen LogP contribution in [0, 0.1) is 5.92 Å². The molecule has 1 saturated carbocycles. The summed E-state index contributed by atoms with van der Waals surface area (Å²) in [4.78, 5) is 4.65. The van der Waals surface area contributed by atoms with Crippen LogP contribution in [0.25, 0.3) is 6.08 Å². The van der Waals surface area contributed by atoms with Crippen LogP contribution < -0.4 is 0 Å². The molecule has 0 amide bonds. The summed E-state index contributed by atoms with van der Waals surface area (Å²) < 4.78 is 0. The first-order valence-electron chi connectivity index (χ1n) is 6.39. The van der Waals surface area contributed by atoms with E-state index in [0.29, 0.717) is 12.0 Å². The molecule has 1 heterocycles. The predicted molar refractivity (Wildman–Crippen MR) is 73.2 cm³/mol. The minimum absolute atomic E-state index is 0.397. The van der Waals surface area contributed by atoms with Crippen LogP contribution in [0.5, 0.6) is 0 Å². The van der Waals surface area contributed by atoms with E-state index in [4.69, 9.17) is 0 Å². The van der Waals surface area contributed by atoms with E-state index in [1.165, 1.54) is 30.4 Å². The number of allylic oxidation sites excluding steroid dienone is 1. The van der Waals surface area contributed by atoms with E-state index in [2.05, 4.69) is 53.6 Å². The number of fused-ring (bicyclic) bond motifs is 1. The molecule has 0 bridgehead atoms. The molecule has 1 aliphatic carbocycles. The van der Waals surface area contributed by atoms with Gasteiger partial charge in [0, 0.05) is 12.1 Å². The van der Waals surface area contributed by atoms with Gasteiger partial charge in [-0.3, -0.25) is 4.99 Å². The molecule has 0 radical (unpaired) electrons. The Morgan fingerprint density at radius 1 is 1.18 bits per heavy atom. The summed E-state index contributed by atoms with van der Waals surface area (Å²) in [7, 11) is 0. The summed E-state index contributed by atoms with van der Waals surface area (Å²) in [5.41, 5.74) is 2.79. The van der Waals surface area contributed by atoms with Gasteiger partial charge in [0.2, 0.25) is 0 Å². The topological polar surface area (TPSA) is 12.4 Å². The number of hydrogen-bond acceptors (Lipinski definition) is 1. The van der Waals surface area contributed by atoms with Gasteiger partial charge in [-0.15, -0.1) is 0 Å². The molecule has 3 rings (SSSR count). The molecule has 17 heavy (non-hydrogen) atoms. The van der Waals surface area contributed by atoms with Crippen LogP contribution in [0.3, 0.4) is 0 Å². The summed E-state index contributed by atoms with van der Waals surface area (Å²) >= 11 is 0.